The fourth-order valence-corrected chi connectivity index (χ4v) is 1.13. The molecule has 0 unspecified atom stereocenters. The normalized spacial score (nSPS) is 10.2. The summed E-state index contributed by atoms with van der Waals surface area (Å²) in [5.74, 6) is 1.27. The van der Waals surface area contributed by atoms with Crippen LogP contribution < -0.4 is 5.73 Å². The third-order valence-electron chi connectivity index (χ3n) is 1.34. The molecular weight excluding hydrogens is 146 g/mol. The molecule has 1 aromatic heterocycles. The maximum absolute atomic E-state index is 5.46. The summed E-state index contributed by atoms with van der Waals surface area (Å²) in [6.07, 6.45) is 0. The van der Waals surface area contributed by atoms with Crippen LogP contribution in [0.5, 0.6) is 0 Å². The Morgan fingerprint density at radius 2 is 2.50 bits per heavy atom. The van der Waals surface area contributed by atoms with Gasteiger partial charge in [-0.25, -0.2) is 0 Å². The molecule has 0 spiro atoms. The van der Waals surface area contributed by atoms with E-state index in [1.165, 1.54) is 0 Å². The SMILES string of the molecule is CCn1nc(N)cc1CS. The van der Waals surface area contributed by atoms with E-state index in [2.05, 4.69) is 17.7 Å². The molecule has 4 heteroatoms. The average Bonchev–Trinajstić information content (AvgIpc) is 2.30. The minimum atomic E-state index is 0.575. The topological polar surface area (TPSA) is 43.8 Å². The van der Waals surface area contributed by atoms with E-state index in [0.29, 0.717) is 11.6 Å². The zero-order valence-corrected chi connectivity index (χ0v) is 6.80. The molecule has 1 rings (SSSR count). The number of hydrogen-bond donors (Lipinski definition) is 2. The number of aryl methyl sites for hydroxylation is 1. The predicted octanol–water partition coefficient (Wildman–Crippen LogP) is 0.915. The van der Waals surface area contributed by atoms with E-state index < -0.39 is 0 Å². The first-order valence-electron chi connectivity index (χ1n) is 3.21. The van der Waals surface area contributed by atoms with Crippen molar-refractivity contribution in [2.45, 2.75) is 19.2 Å². The number of thiol groups is 1. The molecule has 0 aliphatic carbocycles. The zero-order valence-electron chi connectivity index (χ0n) is 5.91. The van der Waals surface area contributed by atoms with Crippen LogP contribution in [0.4, 0.5) is 5.82 Å². The average molecular weight is 157 g/mol. The molecule has 3 nitrogen and oxygen atoms in total. The molecule has 10 heavy (non-hydrogen) atoms. The van der Waals surface area contributed by atoms with Crippen LogP contribution >= 0.6 is 12.6 Å². The van der Waals surface area contributed by atoms with Gasteiger partial charge in [-0.05, 0) is 6.92 Å². The van der Waals surface area contributed by atoms with Gasteiger partial charge in [-0.2, -0.15) is 17.7 Å². The van der Waals surface area contributed by atoms with Gasteiger partial charge in [0.05, 0.1) is 5.69 Å². The van der Waals surface area contributed by atoms with Gasteiger partial charge in [-0.15, -0.1) is 0 Å². The molecule has 56 valence electrons. The van der Waals surface area contributed by atoms with Crippen molar-refractivity contribution in [3.8, 4) is 0 Å². The number of rotatable bonds is 2. The number of hydrogen-bond acceptors (Lipinski definition) is 3. The molecular formula is C6H11N3S. The highest BCUT2D eigenvalue weighted by Gasteiger charge is 2.00. The first-order valence-corrected chi connectivity index (χ1v) is 3.84. The first-order chi connectivity index (χ1) is 4.77. The molecule has 0 bridgehead atoms. The van der Waals surface area contributed by atoms with Gasteiger partial charge in [0.2, 0.25) is 0 Å². The van der Waals surface area contributed by atoms with Gasteiger partial charge in [-0.3, -0.25) is 4.68 Å². The molecule has 0 aliphatic heterocycles. The summed E-state index contributed by atoms with van der Waals surface area (Å²) in [4.78, 5) is 0. The van der Waals surface area contributed by atoms with Crippen LogP contribution in [0.1, 0.15) is 12.6 Å². The molecule has 0 atom stereocenters. The van der Waals surface area contributed by atoms with Crippen molar-refractivity contribution < 1.29 is 0 Å². The number of nitrogens with two attached hydrogens (primary N) is 1. The Bertz CT molecular complexity index is 197. The van der Waals surface area contributed by atoms with Crippen molar-refractivity contribution in [2.24, 2.45) is 0 Å². The lowest BCUT2D eigenvalue weighted by molar-refractivity contribution is 0.640. The summed E-state index contributed by atoms with van der Waals surface area (Å²) in [7, 11) is 0. The highest BCUT2D eigenvalue weighted by atomic mass is 32.1. The van der Waals surface area contributed by atoms with Crippen LogP contribution in [0.3, 0.4) is 0 Å². The second kappa shape index (κ2) is 2.96. The van der Waals surface area contributed by atoms with Gasteiger partial charge < -0.3 is 5.73 Å². The number of anilines is 1. The second-order valence-electron chi connectivity index (χ2n) is 2.03. The van der Waals surface area contributed by atoms with Crippen LogP contribution in [0.2, 0.25) is 0 Å². The fraction of sp³-hybridized carbons (Fsp3) is 0.500. The van der Waals surface area contributed by atoms with Crippen molar-refractivity contribution in [1.82, 2.24) is 9.78 Å². The molecule has 2 N–H and O–H groups in total. The van der Waals surface area contributed by atoms with E-state index >= 15 is 0 Å². The highest BCUT2D eigenvalue weighted by molar-refractivity contribution is 7.79. The Kier molecular flexibility index (Phi) is 2.21. The molecule has 0 fully saturated rings. The molecule has 0 saturated carbocycles. The van der Waals surface area contributed by atoms with E-state index in [0.717, 1.165) is 12.2 Å². The fourth-order valence-electron chi connectivity index (χ4n) is 0.879. The van der Waals surface area contributed by atoms with Gasteiger partial charge in [0.15, 0.2) is 0 Å². The Balaban J connectivity index is 2.96. The summed E-state index contributed by atoms with van der Waals surface area (Å²) >= 11 is 4.13. The van der Waals surface area contributed by atoms with Gasteiger partial charge in [0.1, 0.15) is 5.82 Å². The summed E-state index contributed by atoms with van der Waals surface area (Å²) in [5.41, 5.74) is 6.54. The Labute approximate surface area is 65.6 Å². The van der Waals surface area contributed by atoms with Crippen molar-refractivity contribution in [3.05, 3.63) is 11.8 Å². The van der Waals surface area contributed by atoms with Gasteiger partial charge in [0, 0.05) is 18.4 Å². The predicted molar refractivity (Wildman–Crippen MR) is 45.0 cm³/mol. The zero-order chi connectivity index (χ0) is 7.56. The highest BCUT2D eigenvalue weighted by Crippen LogP contribution is 2.07. The molecule has 1 aromatic rings. The third-order valence-corrected chi connectivity index (χ3v) is 1.67. The summed E-state index contributed by atoms with van der Waals surface area (Å²) in [5, 5.41) is 4.05. The molecule has 0 radical (unpaired) electrons. The Morgan fingerprint density at radius 3 is 2.90 bits per heavy atom. The van der Waals surface area contributed by atoms with Gasteiger partial charge >= 0.3 is 0 Å². The van der Waals surface area contributed by atoms with Gasteiger partial charge in [-0.1, -0.05) is 0 Å². The van der Waals surface area contributed by atoms with Crippen LogP contribution in [0, 0.1) is 0 Å². The molecule has 0 amide bonds. The van der Waals surface area contributed by atoms with Crippen LogP contribution in [0.25, 0.3) is 0 Å². The monoisotopic (exact) mass is 157 g/mol. The van der Waals surface area contributed by atoms with E-state index in [-0.39, 0.29) is 0 Å². The first kappa shape index (κ1) is 7.47. The standard InChI is InChI=1S/C6H11N3S/c1-2-9-5(4-10)3-6(7)8-9/h3,10H,2,4H2,1H3,(H2,7,8). The lowest BCUT2D eigenvalue weighted by Crippen LogP contribution is -2.00. The Hall–Kier alpha value is -0.640. The van der Waals surface area contributed by atoms with E-state index in [9.17, 15) is 0 Å². The molecule has 0 aromatic carbocycles. The number of nitrogen functional groups attached to an aromatic ring is 1. The summed E-state index contributed by atoms with van der Waals surface area (Å²) in [6, 6.07) is 1.84. The van der Waals surface area contributed by atoms with E-state index in [1.807, 2.05) is 17.7 Å². The van der Waals surface area contributed by atoms with E-state index in [1.54, 1.807) is 0 Å². The lowest BCUT2D eigenvalue weighted by Gasteiger charge is -1.98. The van der Waals surface area contributed by atoms with Crippen LogP contribution in [0.15, 0.2) is 6.07 Å². The maximum Gasteiger partial charge on any atom is 0.145 e. The number of aromatic nitrogens is 2. The van der Waals surface area contributed by atoms with Crippen molar-refractivity contribution in [2.75, 3.05) is 5.73 Å². The summed E-state index contributed by atoms with van der Waals surface area (Å²) < 4.78 is 1.85. The molecule has 0 saturated heterocycles. The minimum Gasteiger partial charge on any atom is -0.382 e. The van der Waals surface area contributed by atoms with Crippen molar-refractivity contribution >= 4 is 18.4 Å². The smallest absolute Gasteiger partial charge is 0.145 e. The quantitative estimate of drug-likeness (QED) is 0.627. The minimum absolute atomic E-state index is 0.575. The maximum atomic E-state index is 5.46. The Morgan fingerprint density at radius 1 is 1.80 bits per heavy atom. The van der Waals surface area contributed by atoms with Crippen LogP contribution in [-0.4, -0.2) is 9.78 Å². The van der Waals surface area contributed by atoms with Crippen LogP contribution in [-0.2, 0) is 12.3 Å². The summed E-state index contributed by atoms with van der Waals surface area (Å²) in [6.45, 7) is 2.88. The second-order valence-corrected chi connectivity index (χ2v) is 2.35. The van der Waals surface area contributed by atoms with E-state index in [4.69, 9.17) is 5.73 Å². The van der Waals surface area contributed by atoms with Crippen molar-refractivity contribution in [1.29, 1.82) is 0 Å². The lowest BCUT2D eigenvalue weighted by atomic mass is 10.4. The molecule has 0 aliphatic rings. The molecule has 1 heterocycles. The van der Waals surface area contributed by atoms with Gasteiger partial charge in [0.25, 0.3) is 0 Å². The largest absolute Gasteiger partial charge is 0.382 e. The van der Waals surface area contributed by atoms with Crippen molar-refractivity contribution in [3.63, 3.8) is 0 Å². The third kappa shape index (κ3) is 1.26. The number of nitrogens with zero attached hydrogens (tertiary/aromatic N) is 2.